The lowest BCUT2D eigenvalue weighted by Crippen LogP contribution is -2.40. The summed E-state index contributed by atoms with van der Waals surface area (Å²) in [5.74, 6) is 0. The van der Waals surface area contributed by atoms with Crippen molar-refractivity contribution < 1.29 is 0 Å². The molecule has 0 unspecified atom stereocenters. The molecule has 0 amide bonds. The Morgan fingerprint density at radius 2 is 2.00 bits per heavy atom. The quantitative estimate of drug-likeness (QED) is 0.807. The zero-order valence-electron chi connectivity index (χ0n) is 11.8. The number of hydrogen-bond donors (Lipinski definition) is 2. The number of benzene rings is 1. The minimum Gasteiger partial charge on any atom is -0.399 e. The average Bonchev–Trinajstić information content (AvgIpc) is 2.35. The van der Waals surface area contributed by atoms with E-state index in [9.17, 15) is 0 Å². The van der Waals surface area contributed by atoms with Crippen LogP contribution in [0.2, 0.25) is 0 Å². The predicted molar refractivity (Wildman–Crippen MR) is 78.9 cm³/mol. The standard InChI is InChI=1S/C15H25N3/c1-12-10-13(4-5-14(12)16)17-11-15(2)6-8-18(3)9-7-15/h4-5,10,17H,6-9,11,16H2,1-3H3. The van der Waals surface area contributed by atoms with E-state index in [0.717, 1.165) is 17.8 Å². The number of piperidine rings is 1. The normalized spacial score (nSPS) is 19.7. The Kier molecular flexibility index (Phi) is 3.81. The van der Waals surface area contributed by atoms with Crippen LogP contribution in [0.5, 0.6) is 0 Å². The Bertz CT molecular complexity index is 406. The lowest BCUT2D eigenvalue weighted by Gasteiger charge is -2.38. The Hall–Kier alpha value is -1.22. The number of nitrogen functional groups attached to an aromatic ring is 1. The lowest BCUT2D eigenvalue weighted by molar-refractivity contribution is 0.150. The first-order valence-corrected chi connectivity index (χ1v) is 6.77. The summed E-state index contributed by atoms with van der Waals surface area (Å²) in [7, 11) is 2.20. The van der Waals surface area contributed by atoms with Gasteiger partial charge in [-0.25, -0.2) is 0 Å². The molecule has 0 radical (unpaired) electrons. The molecule has 0 aliphatic carbocycles. The van der Waals surface area contributed by atoms with Crippen molar-refractivity contribution in [2.24, 2.45) is 5.41 Å². The first-order valence-electron chi connectivity index (χ1n) is 6.77. The molecule has 1 aromatic rings. The lowest BCUT2D eigenvalue weighted by atomic mass is 9.80. The number of nitrogens with two attached hydrogens (primary N) is 1. The molecule has 1 aliphatic rings. The first-order chi connectivity index (χ1) is 8.48. The number of hydrogen-bond acceptors (Lipinski definition) is 3. The maximum atomic E-state index is 5.84. The molecule has 0 aromatic heterocycles. The van der Waals surface area contributed by atoms with Crippen LogP contribution < -0.4 is 11.1 Å². The first kappa shape index (κ1) is 13.2. The molecular weight excluding hydrogens is 222 g/mol. The Morgan fingerprint density at radius 3 is 2.61 bits per heavy atom. The number of anilines is 2. The highest BCUT2D eigenvalue weighted by molar-refractivity contribution is 5.56. The number of nitrogens with one attached hydrogen (secondary N) is 1. The summed E-state index contributed by atoms with van der Waals surface area (Å²) in [6, 6.07) is 6.18. The highest BCUT2D eigenvalue weighted by Crippen LogP contribution is 2.30. The summed E-state index contributed by atoms with van der Waals surface area (Å²) in [5.41, 5.74) is 9.45. The molecule has 1 aromatic carbocycles. The van der Waals surface area contributed by atoms with Gasteiger partial charge < -0.3 is 16.0 Å². The van der Waals surface area contributed by atoms with Crippen molar-refractivity contribution in [3.05, 3.63) is 23.8 Å². The Labute approximate surface area is 110 Å². The fourth-order valence-corrected chi connectivity index (χ4v) is 2.44. The van der Waals surface area contributed by atoms with Crippen LogP contribution in [-0.2, 0) is 0 Å². The third-order valence-electron chi connectivity index (χ3n) is 4.18. The highest BCUT2D eigenvalue weighted by atomic mass is 15.1. The van der Waals surface area contributed by atoms with Gasteiger partial charge in [0.05, 0.1) is 0 Å². The highest BCUT2D eigenvalue weighted by Gasteiger charge is 2.28. The molecular formula is C15H25N3. The molecule has 100 valence electrons. The molecule has 1 aliphatic heterocycles. The molecule has 0 spiro atoms. The van der Waals surface area contributed by atoms with Crippen LogP contribution in [0.15, 0.2) is 18.2 Å². The van der Waals surface area contributed by atoms with Crippen molar-refractivity contribution in [3.63, 3.8) is 0 Å². The van der Waals surface area contributed by atoms with Crippen LogP contribution in [0.25, 0.3) is 0 Å². The Morgan fingerprint density at radius 1 is 1.33 bits per heavy atom. The van der Waals surface area contributed by atoms with Crippen LogP contribution in [0.4, 0.5) is 11.4 Å². The van der Waals surface area contributed by atoms with Crippen LogP contribution in [0.1, 0.15) is 25.3 Å². The second kappa shape index (κ2) is 5.19. The van der Waals surface area contributed by atoms with Crippen molar-refractivity contribution in [2.75, 3.05) is 37.7 Å². The van der Waals surface area contributed by atoms with Crippen molar-refractivity contribution >= 4 is 11.4 Å². The Balaban J connectivity index is 1.92. The van der Waals surface area contributed by atoms with Gasteiger partial charge in [-0.15, -0.1) is 0 Å². The zero-order chi connectivity index (χ0) is 13.2. The van der Waals surface area contributed by atoms with Crippen molar-refractivity contribution in [2.45, 2.75) is 26.7 Å². The second-order valence-corrected chi connectivity index (χ2v) is 6.04. The van der Waals surface area contributed by atoms with Crippen LogP contribution in [-0.4, -0.2) is 31.6 Å². The molecule has 1 saturated heterocycles. The van der Waals surface area contributed by atoms with Gasteiger partial charge in [0.25, 0.3) is 0 Å². The van der Waals surface area contributed by atoms with E-state index in [4.69, 9.17) is 5.73 Å². The molecule has 18 heavy (non-hydrogen) atoms. The summed E-state index contributed by atoms with van der Waals surface area (Å²) in [5, 5.41) is 3.56. The van der Waals surface area contributed by atoms with Gasteiger partial charge >= 0.3 is 0 Å². The molecule has 1 heterocycles. The average molecular weight is 247 g/mol. The summed E-state index contributed by atoms with van der Waals surface area (Å²) < 4.78 is 0. The topological polar surface area (TPSA) is 41.3 Å². The van der Waals surface area contributed by atoms with Gasteiger partial charge in [0.15, 0.2) is 0 Å². The van der Waals surface area contributed by atoms with Gasteiger partial charge in [0, 0.05) is 17.9 Å². The monoisotopic (exact) mass is 247 g/mol. The summed E-state index contributed by atoms with van der Waals surface area (Å²) in [6.07, 6.45) is 2.54. The third kappa shape index (κ3) is 3.16. The maximum Gasteiger partial charge on any atom is 0.0345 e. The molecule has 0 bridgehead atoms. The third-order valence-corrected chi connectivity index (χ3v) is 4.18. The van der Waals surface area contributed by atoms with Crippen LogP contribution in [0.3, 0.4) is 0 Å². The van der Waals surface area contributed by atoms with Crippen molar-refractivity contribution in [1.29, 1.82) is 0 Å². The number of aryl methyl sites for hydroxylation is 1. The number of likely N-dealkylation sites (tertiary alicyclic amines) is 1. The SMILES string of the molecule is Cc1cc(NCC2(C)CCN(C)CC2)ccc1N. The van der Waals surface area contributed by atoms with Gasteiger partial charge in [-0.2, -0.15) is 0 Å². The van der Waals surface area contributed by atoms with Gasteiger partial charge in [0.2, 0.25) is 0 Å². The van der Waals surface area contributed by atoms with E-state index in [0.29, 0.717) is 5.41 Å². The summed E-state index contributed by atoms with van der Waals surface area (Å²) in [6.45, 7) is 7.90. The molecule has 0 atom stereocenters. The van der Waals surface area contributed by atoms with Crippen molar-refractivity contribution in [1.82, 2.24) is 4.90 Å². The molecule has 2 rings (SSSR count). The van der Waals surface area contributed by atoms with E-state index in [1.807, 2.05) is 6.07 Å². The predicted octanol–water partition coefficient (Wildman–Crippen LogP) is 2.72. The largest absolute Gasteiger partial charge is 0.399 e. The fraction of sp³-hybridized carbons (Fsp3) is 0.600. The fourth-order valence-electron chi connectivity index (χ4n) is 2.44. The zero-order valence-corrected chi connectivity index (χ0v) is 11.8. The molecule has 0 saturated carbocycles. The summed E-state index contributed by atoms with van der Waals surface area (Å²) in [4.78, 5) is 2.41. The van der Waals surface area contributed by atoms with E-state index in [1.165, 1.54) is 31.6 Å². The van der Waals surface area contributed by atoms with E-state index in [1.54, 1.807) is 0 Å². The molecule has 3 nitrogen and oxygen atoms in total. The van der Waals surface area contributed by atoms with Crippen LogP contribution in [0, 0.1) is 12.3 Å². The van der Waals surface area contributed by atoms with E-state index in [-0.39, 0.29) is 0 Å². The van der Waals surface area contributed by atoms with E-state index < -0.39 is 0 Å². The molecule has 3 N–H and O–H groups in total. The van der Waals surface area contributed by atoms with E-state index >= 15 is 0 Å². The van der Waals surface area contributed by atoms with Gasteiger partial charge in [-0.05, 0) is 69.1 Å². The molecule has 1 fully saturated rings. The van der Waals surface area contributed by atoms with Crippen molar-refractivity contribution in [3.8, 4) is 0 Å². The smallest absolute Gasteiger partial charge is 0.0345 e. The maximum absolute atomic E-state index is 5.84. The van der Waals surface area contributed by atoms with Gasteiger partial charge in [0.1, 0.15) is 0 Å². The second-order valence-electron chi connectivity index (χ2n) is 6.04. The van der Waals surface area contributed by atoms with Crippen LogP contribution >= 0.6 is 0 Å². The molecule has 3 heteroatoms. The number of nitrogens with zero attached hydrogens (tertiary/aromatic N) is 1. The van der Waals surface area contributed by atoms with Gasteiger partial charge in [-0.1, -0.05) is 6.92 Å². The summed E-state index contributed by atoms with van der Waals surface area (Å²) >= 11 is 0. The van der Waals surface area contributed by atoms with Gasteiger partial charge in [-0.3, -0.25) is 0 Å². The minimum atomic E-state index is 0.418. The van der Waals surface area contributed by atoms with E-state index in [2.05, 4.69) is 43.2 Å². The number of rotatable bonds is 3. The minimum absolute atomic E-state index is 0.418.